The predicted octanol–water partition coefficient (Wildman–Crippen LogP) is 12.8. The molecular formula is C43H79NO2. The third-order valence-electron chi connectivity index (χ3n) is 9.40. The first-order valence-corrected chi connectivity index (χ1v) is 20.2. The molecule has 1 rings (SSSR count). The van der Waals surface area contributed by atoms with Crippen molar-refractivity contribution in [3.8, 4) is 0 Å². The van der Waals surface area contributed by atoms with Gasteiger partial charge in [-0.3, -0.25) is 0 Å². The number of ether oxygens (including phenoxy) is 2. The molecule has 0 amide bonds. The van der Waals surface area contributed by atoms with Gasteiger partial charge in [0.05, 0.1) is 13.2 Å². The molecule has 3 heteroatoms. The molecule has 0 aromatic heterocycles. The van der Waals surface area contributed by atoms with E-state index in [-0.39, 0.29) is 0 Å². The molecule has 1 unspecified atom stereocenters. The highest BCUT2D eigenvalue weighted by atomic mass is 16.5. The van der Waals surface area contributed by atoms with Gasteiger partial charge in [0.1, 0.15) is 0 Å². The summed E-state index contributed by atoms with van der Waals surface area (Å²) >= 11 is 0. The fourth-order valence-electron chi connectivity index (χ4n) is 6.40. The average molecular weight is 642 g/mol. The number of likely N-dealkylation sites (tertiary alicyclic amines) is 1. The Hall–Kier alpha value is -1.16. The Bertz CT molecular complexity index is 666. The van der Waals surface area contributed by atoms with Crippen LogP contribution in [0.1, 0.15) is 168 Å². The standard InChI is InChI=1S/C43H79NO2/c1-4-6-8-10-12-14-16-18-20-22-24-26-28-30-32-34-36-45-40-42-38-44(3)39-43(42)41-46-37-35-33-31-29-27-25-23-21-19-17-15-13-11-9-7-5-2/h12-15,18-21,42-43H,4-11,16-17,22-41H2,1-3H3/t42-,43?/m0/s1. The predicted molar refractivity (Wildman–Crippen MR) is 205 cm³/mol. The zero-order valence-electron chi connectivity index (χ0n) is 31.3. The van der Waals surface area contributed by atoms with Gasteiger partial charge in [-0.15, -0.1) is 0 Å². The summed E-state index contributed by atoms with van der Waals surface area (Å²) in [5.41, 5.74) is 0. The third-order valence-corrected chi connectivity index (χ3v) is 9.40. The van der Waals surface area contributed by atoms with Crippen molar-refractivity contribution in [1.29, 1.82) is 0 Å². The van der Waals surface area contributed by atoms with Crippen molar-refractivity contribution in [3.05, 3.63) is 48.6 Å². The molecule has 2 atom stereocenters. The Balaban J connectivity index is 1.88. The summed E-state index contributed by atoms with van der Waals surface area (Å²) in [6.45, 7) is 10.5. The van der Waals surface area contributed by atoms with Crippen LogP contribution in [-0.4, -0.2) is 51.5 Å². The van der Waals surface area contributed by atoms with Crippen LogP contribution < -0.4 is 0 Å². The van der Waals surface area contributed by atoms with E-state index in [0.717, 1.165) is 52.4 Å². The molecule has 0 radical (unpaired) electrons. The molecule has 1 aliphatic heterocycles. The van der Waals surface area contributed by atoms with Crippen LogP contribution >= 0.6 is 0 Å². The lowest BCUT2D eigenvalue weighted by atomic mass is 9.98. The number of allylic oxidation sites excluding steroid dienone is 8. The fraction of sp³-hybridized carbons (Fsp3) is 0.814. The molecule has 46 heavy (non-hydrogen) atoms. The molecule has 3 nitrogen and oxygen atoms in total. The SMILES string of the molecule is CCCCCC=CCC=CCCCCCCCCOCC1CN(C)C[C@H]1COCCCCCCCCC=CCC=CCCCCC. The van der Waals surface area contributed by atoms with Crippen LogP contribution in [0.5, 0.6) is 0 Å². The molecule has 268 valence electrons. The van der Waals surface area contributed by atoms with E-state index in [1.54, 1.807) is 0 Å². The Morgan fingerprint density at radius 3 is 1.13 bits per heavy atom. The van der Waals surface area contributed by atoms with Gasteiger partial charge in [0.2, 0.25) is 0 Å². The van der Waals surface area contributed by atoms with E-state index in [2.05, 4.69) is 74.4 Å². The van der Waals surface area contributed by atoms with Gasteiger partial charge in [0.15, 0.2) is 0 Å². The second-order valence-electron chi connectivity index (χ2n) is 14.1. The van der Waals surface area contributed by atoms with Crippen molar-refractivity contribution < 1.29 is 9.47 Å². The minimum absolute atomic E-state index is 0.630. The van der Waals surface area contributed by atoms with Crippen molar-refractivity contribution in [1.82, 2.24) is 4.90 Å². The Labute approximate surface area is 288 Å². The lowest BCUT2D eigenvalue weighted by molar-refractivity contribution is 0.0482. The molecule has 0 N–H and O–H groups in total. The number of nitrogens with zero attached hydrogens (tertiary/aromatic N) is 1. The van der Waals surface area contributed by atoms with Crippen LogP contribution in [0, 0.1) is 11.8 Å². The number of rotatable bonds is 34. The lowest BCUT2D eigenvalue weighted by Gasteiger charge is -2.18. The number of hydrogen-bond acceptors (Lipinski definition) is 3. The highest BCUT2D eigenvalue weighted by Crippen LogP contribution is 2.23. The highest BCUT2D eigenvalue weighted by Gasteiger charge is 2.30. The van der Waals surface area contributed by atoms with Crippen LogP contribution in [0.3, 0.4) is 0 Å². The Morgan fingerprint density at radius 2 is 0.761 bits per heavy atom. The largest absolute Gasteiger partial charge is 0.381 e. The summed E-state index contributed by atoms with van der Waals surface area (Å²) in [7, 11) is 2.25. The van der Waals surface area contributed by atoms with E-state index < -0.39 is 0 Å². The van der Waals surface area contributed by atoms with E-state index >= 15 is 0 Å². The maximum absolute atomic E-state index is 6.15. The number of hydrogen-bond donors (Lipinski definition) is 0. The zero-order chi connectivity index (χ0) is 33.0. The van der Waals surface area contributed by atoms with Crippen LogP contribution in [0.2, 0.25) is 0 Å². The molecule has 0 saturated carbocycles. The van der Waals surface area contributed by atoms with Gasteiger partial charge in [-0.1, -0.05) is 140 Å². The van der Waals surface area contributed by atoms with E-state index in [9.17, 15) is 0 Å². The van der Waals surface area contributed by atoms with Gasteiger partial charge in [0, 0.05) is 38.1 Å². The second kappa shape index (κ2) is 35.2. The molecule has 0 spiro atoms. The summed E-state index contributed by atoms with van der Waals surface area (Å²) in [4.78, 5) is 2.46. The molecule has 0 aliphatic carbocycles. The second-order valence-corrected chi connectivity index (χ2v) is 14.1. The molecule has 0 aromatic carbocycles. The van der Waals surface area contributed by atoms with E-state index in [1.165, 1.54) is 141 Å². The lowest BCUT2D eigenvalue weighted by Crippen LogP contribution is -2.23. The molecular weight excluding hydrogens is 562 g/mol. The average Bonchev–Trinajstić information content (AvgIpc) is 3.42. The maximum atomic E-state index is 6.15. The van der Waals surface area contributed by atoms with Crippen molar-refractivity contribution in [2.45, 2.75) is 168 Å². The summed E-state index contributed by atoms with van der Waals surface area (Å²) < 4.78 is 12.3. The monoisotopic (exact) mass is 642 g/mol. The van der Waals surface area contributed by atoms with Gasteiger partial charge in [-0.25, -0.2) is 0 Å². The summed E-state index contributed by atoms with van der Waals surface area (Å²) in [6.07, 6.45) is 49.9. The zero-order valence-corrected chi connectivity index (χ0v) is 31.3. The van der Waals surface area contributed by atoms with Crippen LogP contribution in [-0.2, 0) is 9.47 Å². The normalized spacial score (nSPS) is 17.7. The van der Waals surface area contributed by atoms with Crippen molar-refractivity contribution in [2.24, 2.45) is 11.8 Å². The van der Waals surface area contributed by atoms with Gasteiger partial charge in [-0.2, -0.15) is 0 Å². The summed E-state index contributed by atoms with van der Waals surface area (Å²) in [5, 5.41) is 0. The van der Waals surface area contributed by atoms with Crippen molar-refractivity contribution >= 4 is 0 Å². The summed E-state index contributed by atoms with van der Waals surface area (Å²) in [5.74, 6) is 1.26. The van der Waals surface area contributed by atoms with Gasteiger partial charge >= 0.3 is 0 Å². The molecule has 1 heterocycles. The molecule has 1 aliphatic rings. The number of unbranched alkanes of at least 4 members (excludes halogenated alkanes) is 18. The van der Waals surface area contributed by atoms with Crippen LogP contribution in [0.25, 0.3) is 0 Å². The van der Waals surface area contributed by atoms with Crippen LogP contribution in [0.4, 0.5) is 0 Å². The third kappa shape index (κ3) is 29.0. The Kier molecular flexibility index (Phi) is 32.8. The van der Waals surface area contributed by atoms with Gasteiger partial charge in [0.25, 0.3) is 0 Å². The van der Waals surface area contributed by atoms with Crippen molar-refractivity contribution in [2.75, 3.05) is 46.6 Å². The fourth-order valence-corrected chi connectivity index (χ4v) is 6.40. The van der Waals surface area contributed by atoms with Gasteiger partial charge < -0.3 is 14.4 Å². The molecule has 1 fully saturated rings. The highest BCUT2D eigenvalue weighted by molar-refractivity contribution is 4.93. The van der Waals surface area contributed by atoms with E-state index in [0.29, 0.717) is 11.8 Å². The van der Waals surface area contributed by atoms with E-state index in [1.807, 2.05) is 0 Å². The van der Waals surface area contributed by atoms with Crippen molar-refractivity contribution in [3.63, 3.8) is 0 Å². The first-order chi connectivity index (χ1) is 22.8. The van der Waals surface area contributed by atoms with E-state index in [4.69, 9.17) is 9.47 Å². The molecule has 0 aromatic rings. The minimum atomic E-state index is 0.630. The topological polar surface area (TPSA) is 21.7 Å². The quantitative estimate of drug-likeness (QED) is 0.0515. The maximum Gasteiger partial charge on any atom is 0.0510 e. The first-order valence-electron chi connectivity index (χ1n) is 20.2. The summed E-state index contributed by atoms with van der Waals surface area (Å²) in [6, 6.07) is 0. The Morgan fingerprint density at radius 1 is 0.435 bits per heavy atom. The van der Waals surface area contributed by atoms with Gasteiger partial charge in [-0.05, 0) is 84.1 Å². The minimum Gasteiger partial charge on any atom is -0.381 e. The molecule has 1 saturated heterocycles. The first kappa shape index (κ1) is 42.9. The smallest absolute Gasteiger partial charge is 0.0510 e. The van der Waals surface area contributed by atoms with Crippen LogP contribution in [0.15, 0.2) is 48.6 Å². The molecule has 0 bridgehead atoms.